The highest BCUT2D eigenvalue weighted by molar-refractivity contribution is 7.92. The molecule has 5 nitrogen and oxygen atoms in total. The lowest BCUT2D eigenvalue weighted by Crippen LogP contribution is -2.39. The molecule has 0 aromatic heterocycles. The topological polar surface area (TPSA) is 57.7 Å². The Morgan fingerprint density at radius 2 is 1.83 bits per heavy atom. The number of likely N-dealkylation sites (tertiary alicyclic amines) is 1. The quantitative estimate of drug-likeness (QED) is 0.800. The molecule has 0 aliphatic carbocycles. The van der Waals surface area contributed by atoms with Crippen molar-refractivity contribution in [2.75, 3.05) is 30.2 Å². The number of nitrogens with zero attached hydrogens (tertiary/aromatic N) is 2. The van der Waals surface area contributed by atoms with Crippen LogP contribution in [0.3, 0.4) is 0 Å². The van der Waals surface area contributed by atoms with Gasteiger partial charge in [0.05, 0.1) is 11.9 Å². The predicted octanol–water partition coefficient (Wildman–Crippen LogP) is 2.42. The maximum Gasteiger partial charge on any atom is 0.232 e. The Labute approximate surface area is 139 Å². The molecule has 0 spiro atoms. The zero-order valence-electron chi connectivity index (χ0n) is 14.0. The molecule has 2 rings (SSSR count). The number of hydrogen-bond donors (Lipinski definition) is 0. The van der Waals surface area contributed by atoms with E-state index in [0.717, 1.165) is 37.9 Å². The van der Waals surface area contributed by atoms with Gasteiger partial charge in [-0.05, 0) is 37.3 Å². The minimum atomic E-state index is -3.41. The predicted molar refractivity (Wildman–Crippen MR) is 93.1 cm³/mol. The molecule has 0 N–H and O–H groups in total. The van der Waals surface area contributed by atoms with Crippen molar-refractivity contribution in [3.05, 3.63) is 29.8 Å². The van der Waals surface area contributed by atoms with Crippen LogP contribution in [0.15, 0.2) is 24.3 Å². The summed E-state index contributed by atoms with van der Waals surface area (Å²) in [7, 11) is -3.41. The number of aryl methyl sites for hydroxylation is 1. The van der Waals surface area contributed by atoms with Crippen LogP contribution in [0.4, 0.5) is 5.69 Å². The Hall–Kier alpha value is -1.56. The maximum atomic E-state index is 12.3. The van der Waals surface area contributed by atoms with Crippen LogP contribution >= 0.6 is 0 Å². The highest BCUT2D eigenvalue weighted by Crippen LogP contribution is 2.24. The average Bonchev–Trinajstić information content (AvgIpc) is 2.55. The molecule has 0 atom stereocenters. The van der Waals surface area contributed by atoms with Crippen LogP contribution < -0.4 is 4.31 Å². The molecule has 1 fully saturated rings. The van der Waals surface area contributed by atoms with E-state index in [0.29, 0.717) is 5.69 Å². The molecule has 0 bridgehead atoms. The lowest BCUT2D eigenvalue weighted by molar-refractivity contribution is -0.131. The SMILES string of the molecule is CCc1ccccc1N(CCC(=O)N1CCCCC1)S(C)(=O)=O. The number of piperidine rings is 1. The van der Waals surface area contributed by atoms with Gasteiger partial charge in [0.25, 0.3) is 0 Å². The van der Waals surface area contributed by atoms with E-state index in [-0.39, 0.29) is 18.9 Å². The summed E-state index contributed by atoms with van der Waals surface area (Å²) in [6, 6.07) is 7.48. The van der Waals surface area contributed by atoms with Crippen LogP contribution in [0.25, 0.3) is 0 Å². The Kier molecular flexibility index (Phi) is 6.04. The van der Waals surface area contributed by atoms with Crippen LogP contribution in [0.1, 0.15) is 38.2 Å². The van der Waals surface area contributed by atoms with E-state index in [9.17, 15) is 13.2 Å². The first-order valence-electron chi connectivity index (χ1n) is 8.27. The number of carbonyl (C=O) groups excluding carboxylic acids is 1. The first-order valence-corrected chi connectivity index (χ1v) is 10.1. The van der Waals surface area contributed by atoms with Gasteiger partial charge in [-0.15, -0.1) is 0 Å². The molecule has 0 radical (unpaired) electrons. The smallest absolute Gasteiger partial charge is 0.232 e. The number of benzene rings is 1. The van der Waals surface area contributed by atoms with Gasteiger partial charge in [-0.25, -0.2) is 8.42 Å². The van der Waals surface area contributed by atoms with Crippen molar-refractivity contribution in [1.29, 1.82) is 0 Å². The minimum Gasteiger partial charge on any atom is -0.343 e. The summed E-state index contributed by atoms with van der Waals surface area (Å²) in [5, 5.41) is 0. The molecular formula is C17H26N2O3S. The monoisotopic (exact) mass is 338 g/mol. The van der Waals surface area contributed by atoms with Gasteiger partial charge in [-0.3, -0.25) is 9.10 Å². The third-order valence-electron chi connectivity index (χ3n) is 4.28. The first-order chi connectivity index (χ1) is 10.9. The second kappa shape index (κ2) is 7.81. The Bertz CT molecular complexity index is 637. The molecule has 0 saturated carbocycles. The Morgan fingerprint density at radius 3 is 2.43 bits per heavy atom. The third kappa shape index (κ3) is 4.70. The number of anilines is 1. The summed E-state index contributed by atoms with van der Waals surface area (Å²) >= 11 is 0. The van der Waals surface area contributed by atoms with Gasteiger partial charge in [0.1, 0.15) is 0 Å². The molecule has 23 heavy (non-hydrogen) atoms. The summed E-state index contributed by atoms with van der Waals surface area (Å²) in [5.41, 5.74) is 1.66. The zero-order chi connectivity index (χ0) is 16.9. The van der Waals surface area contributed by atoms with E-state index in [1.165, 1.54) is 17.0 Å². The summed E-state index contributed by atoms with van der Waals surface area (Å²) in [4.78, 5) is 14.2. The van der Waals surface area contributed by atoms with Gasteiger partial charge in [-0.1, -0.05) is 25.1 Å². The molecular weight excluding hydrogens is 312 g/mol. The highest BCUT2D eigenvalue weighted by Gasteiger charge is 2.23. The second-order valence-corrected chi connectivity index (χ2v) is 7.92. The van der Waals surface area contributed by atoms with E-state index in [1.807, 2.05) is 36.1 Å². The lowest BCUT2D eigenvalue weighted by atomic mass is 10.1. The molecule has 1 amide bonds. The molecule has 1 aliphatic rings. The summed E-state index contributed by atoms with van der Waals surface area (Å²) in [5.74, 6) is 0.0485. The molecule has 1 aromatic carbocycles. The summed E-state index contributed by atoms with van der Waals surface area (Å²) in [6.07, 6.45) is 5.43. The fourth-order valence-electron chi connectivity index (χ4n) is 3.02. The molecule has 128 valence electrons. The summed E-state index contributed by atoms with van der Waals surface area (Å²) in [6.45, 7) is 3.79. The number of sulfonamides is 1. The normalized spacial score (nSPS) is 15.5. The summed E-state index contributed by atoms with van der Waals surface area (Å²) < 4.78 is 25.7. The van der Waals surface area contributed by atoms with Gasteiger partial charge in [0.2, 0.25) is 15.9 Å². The molecule has 0 unspecified atom stereocenters. The van der Waals surface area contributed by atoms with Gasteiger partial charge < -0.3 is 4.90 Å². The molecule has 6 heteroatoms. The first kappa shape index (κ1) is 17.8. The van der Waals surface area contributed by atoms with Crippen molar-refractivity contribution in [2.45, 2.75) is 39.0 Å². The number of hydrogen-bond acceptors (Lipinski definition) is 3. The van der Waals surface area contributed by atoms with Crippen molar-refractivity contribution in [3.8, 4) is 0 Å². The Morgan fingerprint density at radius 1 is 1.17 bits per heavy atom. The molecule has 1 saturated heterocycles. The van der Waals surface area contributed by atoms with Gasteiger partial charge >= 0.3 is 0 Å². The number of amides is 1. The fraction of sp³-hybridized carbons (Fsp3) is 0.588. The maximum absolute atomic E-state index is 12.3. The Balaban J connectivity index is 2.12. The van der Waals surface area contributed by atoms with Crippen LogP contribution in [-0.4, -0.2) is 45.1 Å². The van der Waals surface area contributed by atoms with E-state index in [4.69, 9.17) is 0 Å². The zero-order valence-corrected chi connectivity index (χ0v) is 14.8. The largest absolute Gasteiger partial charge is 0.343 e. The van der Waals surface area contributed by atoms with Crippen LogP contribution in [0, 0.1) is 0 Å². The van der Waals surface area contributed by atoms with E-state index >= 15 is 0 Å². The van der Waals surface area contributed by atoms with Crippen molar-refractivity contribution >= 4 is 21.6 Å². The van der Waals surface area contributed by atoms with Gasteiger partial charge in [0, 0.05) is 26.1 Å². The third-order valence-corrected chi connectivity index (χ3v) is 5.46. The number of carbonyl (C=O) groups is 1. The fourth-order valence-corrected chi connectivity index (χ4v) is 3.97. The minimum absolute atomic E-state index is 0.0485. The van der Waals surface area contributed by atoms with Gasteiger partial charge in [-0.2, -0.15) is 0 Å². The second-order valence-electron chi connectivity index (χ2n) is 6.01. The molecule has 1 heterocycles. The van der Waals surface area contributed by atoms with E-state index < -0.39 is 10.0 Å². The lowest BCUT2D eigenvalue weighted by Gasteiger charge is -2.29. The number of para-hydroxylation sites is 1. The van der Waals surface area contributed by atoms with Crippen LogP contribution in [-0.2, 0) is 21.2 Å². The van der Waals surface area contributed by atoms with E-state index in [2.05, 4.69) is 0 Å². The molecule has 1 aliphatic heterocycles. The average molecular weight is 338 g/mol. The van der Waals surface area contributed by atoms with Crippen molar-refractivity contribution in [3.63, 3.8) is 0 Å². The number of rotatable bonds is 6. The van der Waals surface area contributed by atoms with Crippen LogP contribution in [0.2, 0.25) is 0 Å². The van der Waals surface area contributed by atoms with Crippen molar-refractivity contribution < 1.29 is 13.2 Å². The van der Waals surface area contributed by atoms with Crippen molar-refractivity contribution in [1.82, 2.24) is 4.90 Å². The van der Waals surface area contributed by atoms with Crippen molar-refractivity contribution in [2.24, 2.45) is 0 Å². The molecule has 1 aromatic rings. The highest BCUT2D eigenvalue weighted by atomic mass is 32.2. The van der Waals surface area contributed by atoms with Crippen LogP contribution in [0.5, 0.6) is 0 Å². The van der Waals surface area contributed by atoms with Gasteiger partial charge in [0.15, 0.2) is 0 Å². The van der Waals surface area contributed by atoms with E-state index in [1.54, 1.807) is 0 Å². The standard InChI is InChI=1S/C17H26N2O3S/c1-3-15-9-5-6-10-16(15)19(23(2,21)22)14-11-17(20)18-12-7-4-8-13-18/h5-6,9-10H,3-4,7-8,11-14H2,1-2H3.